The number of aliphatic carboxylic acids is 1. The molecule has 0 amide bonds. The van der Waals surface area contributed by atoms with Gasteiger partial charge in [0.2, 0.25) is 5.95 Å². The highest BCUT2D eigenvalue weighted by Gasteiger charge is 2.13. The molecule has 1 heterocycles. The van der Waals surface area contributed by atoms with Crippen molar-refractivity contribution < 1.29 is 19.4 Å². The number of methoxy groups -OCH3 is 1. The highest BCUT2D eigenvalue weighted by molar-refractivity contribution is 6.32. The van der Waals surface area contributed by atoms with Gasteiger partial charge in [-0.25, -0.2) is 15.2 Å². The lowest BCUT2D eigenvalue weighted by Crippen LogP contribution is -2.10. The van der Waals surface area contributed by atoms with Crippen LogP contribution in [0.25, 0.3) is 11.0 Å². The van der Waals surface area contributed by atoms with Gasteiger partial charge in [-0.2, -0.15) is 5.10 Å². The van der Waals surface area contributed by atoms with E-state index in [9.17, 15) is 4.79 Å². The van der Waals surface area contributed by atoms with Gasteiger partial charge in [-0.3, -0.25) is 0 Å². The van der Waals surface area contributed by atoms with Crippen LogP contribution in [0, 0.1) is 0 Å². The second-order valence-corrected chi connectivity index (χ2v) is 6.16. The summed E-state index contributed by atoms with van der Waals surface area (Å²) in [5, 5.41) is 13.2. The second kappa shape index (κ2) is 8.62. The lowest BCUT2D eigenvalue weighted by Gasteiger charge is -2.11. The van der Waals surface area contributed by atoms with Crippen LogP contribution in [0.3, 0.4) is 0 Å². The quantitative estimate of drug-likeness (QED) is 0.441. The zero-order valence-corrected chi connectivity index (χ0v) is 16.1. The predicted octanol–water partition coefficient (Wildman–Crippen LogP) is 3.63. The number of para-hydroxylation sites is 2. The van der Waals surface area contributed by atoms with Crippen molar-refractivity contribution in [3.05, 3.63) is 47.0 Å². The third-order valence-electron chi connectivity index (χ3n) is 3.94. The fourth-order valence-electron chi connectivity index (χ4n) is 2.73. The average molecular weight is 403 g/mol. The number of halogens is 1. The summed E-state index contributed by atoms with van der Waals surface area (Å²) in [6, 6.07) is 11.1. The topological polar surface area (TPSA) is 98.0 Å². The Morgan fingerprint density at radius 1 is 1.39 bits per heavy atom. The number of imidazole rings is 1. The molecule has 8 nitrogen and oxygen atoms in total. The summed E-state index contributed by atoms with van der Waals surface area (Å²) >= 11 is 6.20. The number of hydrogen-bond donors (Lipinski definition) is 2. The minimum Gasteiger partial charge on any atom is -0.493 e. The lowest BCUT2D eigenvalue weighted by molar-refractivity contribution is -0.139. The summed E-state index contributed by atoms with van der Waals surface area (Å²) in [5.74, 6) is 0.00615. The van der Waals surface area contributed by atoms with E-state index in [4.69, 9.17) is 26.2 Å². The zero-order chi connectivity index (χ0) is 20.1. The number of hydrogen-bond acceptors (Lipinski definition) is 6. The first-order valence-electron chi connectivity index (χ1n) is 8.50. The van der Waals surface area contributed by atoms with Crippen molar-refractivity contribution in [2.45, 2.75) is 13.5 Å². The SMILES string of the molecule is CCn1c(N/N=C\c2cc(Cl)c(OCC(=O)O)c(OC)c2)nc2ccccc21. The van der Waals surface area contributed by atoms with Crippen LogP contribution in [-0.2, 0) is 11.3 Å². The Hall–Kier alpha value is -3.26. The molecular formula is C19H19ClN4O4. The number of rotatable bonds is 8. The van der Waals surface area contributed by atoms with Gasteiger partial charge in [0.05, 0.1) is 29.4 Å². The second-order valence-electron chi connectivity index (χ2n) is 5.75. The third-order valence-corrected chi connectivity index (χ3v) is 4.22. The van der Waals surface area contributed by atoms with E-state index >= 15 is 0 Å². The van der Waals surface area contributed by atoms with E-state index in [0.717, 1.165) is 17.6 Å². The Labute approximate surface area is 166 Å². The van der Waals surface area contributed by atoms with Crippen molar-refractivity contribution in [3.8, 4) is 11.5 Å². The van der Waals surface area contributed by atoms with E-state index in [1.165, 1.54) is 7.11 Å². The van der Waals surface area contributed by atoms with Gasteiger partial charge < -0.3 is 19.1 Å². The summed E-state index contributed by atoms with van der Waals surface area (Å²) < 4.78 is 12.4. The number of carboxylic acid groups (broad SMARTS) is 1. The van der Waals surface area contributed by atoms with Crippen LogP contribution in [0.15, 0.2) is 41.5 Å². The molecule has 2 aromatic carbocycles. The normalized spacial score (nSPS) is 11.1. The first kappa shape index (κ1) is 19.5. The maximum Gasteiger partial charge on any atom is 0.341 e. The molecule has 0 unspecified atom stereocenters. The van der Waals surface area contributed by atoms with Crippen LogP contribution in [0.5, 0.6) is 11.5 Å². The van der Waals surface area contributed by atoms with Crippen molar-refractivity contribution in [2.24, 2.45) is 5.10 Å². The van der Waals surface area contributed by atoms with Gasteiger partial charge in [0.15, 0.2) is 18.1 Å². The lowest BCUT2D eigenvalue weighted by atomic mass is 10.2. The highest BCUT2D eigenvalue weighted by Crippen LogP contribution is 2.36. The molecule has 0 aliphatic rings. The van der Waals surface area contributed by atoms with Crippen LogP contribution >= 0.6 is 11.6 Å². The maximum atomic E-state index is 10.7. The fourth-order valence-corrected chi connectivity index (χ4v) is 3.01. The van der Waals surface area contributed by atoms with Crippen molar-refractivity contribution in [3.63, 3.8) is 0 Å². The van der Waals surface area contributed by atoms with E-state index in [2.05, 4.69) is 15.5 Å². The van der Waals surface area contributed by atoms with Gasteiger partial charge in [-0.1, -0.05) is 23.7 Å². The number of aromatic nitrogens is 2. The molecule has 0 bridgehead atoms. The molecule has 0 aliphatic carbocycles. The molecule has 0 fully saturated rings. The minimum absolute atomic E-state index is 0.171. The zero-order valence-electron chi connectivity index (χ0n) is 15.3. The number of nitrogens with one attached hydrogen (secondary N) is 1. The number of benzene rings is 2. The first-order valence-corrected chi connectivity index (χ1v) is 8.87. The van der Waals surface area contributed by atoms with Gasteiger partial charge in [0.1, 0.15) is 0 Å². The van der Waals surface area contributed by atoms with Crippen molar-refractivity contribution in [1.82, 2.24) is 9.55 Å². The number of anilines is 1. The summed E-state index contributed by atoms with van der Waals surface area (Å²) in [4.78, 5) is 15.2. The molecule has 2 N–H and O–H groups in total. The number of nitrogens with zero attached hydrogens (tertiary/aromatic N) is 3. The number of carboxylic acids is 1. The van der Waals surface area contributed by atoms with E-state index in [1.54, 1.807) is 18.3 Å². The fraction of sp³-hybridized carbons (Fsp3) is 0.211. The summed E-state index contributed by atoms with van der Waals surface area (Å²) in [5.41, 5.74) is 5.49. The number of aryl methyl sites for hydroxylation is 1. The van der Waals surface area contributed by atoms with Crippen LogP contribution < -0.4 is 14.9 Å². The molecule has 146 valence electrons. The largest absolute Gasteiger partial charge is 0.493 e. The molecule has 0 radical (unpaired) electrons. The molecule has 0 atom stereocenters. The van der Waals surface area contributed by atoms with Crippen molar-refractivity contribution in [1.29, 1.82) is 0 Å². The number of hydrazone groups is 1. The van der Waals surface area contributed by atoms with Gasteiger partial charge in [0, 0.05) is 6.54 Å². The van der Waals surface area contributed by atoms with Crippen molar-refractivity contribution in [2.75, 3.05) is 19.1 Å². The maximum absolute atomic E-state index is 10.7. The van der Waals surface area contributed by atoms with Gasteiger partial charge in [-0.15, -0.1) is 0 Å². The Balaban J connectivity index is 1.81. The molecule has 0 spiro atoms. The summed E-state index contributed by atoms with van der Waals surface area (Å²) in [6.07, 6.45) is 1.56. The molecule has 0 saturated carbocycles. The smallest absolute Gasteiger partial charge is 0.341 e. The Morgan fingerprint density at radius 2 is 2.18 bits per heavy atom. The number of fused-ring (bicyclic) bond motifs is 1. The molecule has 3 rings (SSSR count). The van der Waals surface area contributed by atoms with E-state index in [1.807, 2.05) is 35.8 Å². The van der Waals surface area contributed by atoms with Crippen molar-refractivity contribution >= 4 is 40.8 Å². The molecule has 9 heteroatoms. The van der Waals surface area contributed by atoms with Gasteiger partial charge >= 0.3 is 5.97 Å². The van der Waals surface area contributed by atoms with E-state index < -0.39 is 12.6 Å². The standard InChI is InChI=1S/C19H19ClN4O4/c1-3-24-15-7-5-4-6-14(15)22-19(24)23-21-10-12-8-13(20)18(16(9-12)27-2)28-11-17(25)26/h4-10H,3,11H2,1-2H3,(H,22,23)(H,25,26)/b21-10-. The Morgan fingerprint density at radius 3 is 2.89 bits per heavy atom. The molecular weight excluding hydrogens is 384 g/mol. The summed E-state index contributed by atoms with van der Waals surface area (Å²) in [7, 11) is 1.45. The third kappa shape index (κ3) is 4.17. The number of ether oxygens (including phenoxy) is 2. The minimum atomic E-state index is -1.10. The Kier molecular flexibility index (Phi) is 6.00. The van der Waals surface area contributed by atoms with E-state index in [0.29, 0.717) is 17.3 Å². The first-order chi connectivity index (χ1) is 13.5. The van der Waals surface area contributed by atoms with Crippen LogP contribution in [0.1, 0.15) is 12.5 Å². The number of carbonyl (C=O) groups is 1. The molecule has 0 aliphatic heterocycles. The monoisotopic (exact) mass is 402 g/mol. The molecule has 1 aromatic heterocycles. The molecule has 0 saturated heterocycles. The van der Waals surface area contributed by atoms with Gasteiger partial charge in [-0.05, 0) is 36.8 Å². The average Bonchev–Trinajstić information content (AvgIpc) is 3.03. The van der Waals surface area contributed by atoms with E-state index in [-0.39, 0.29) is 10.8 Å². The van der Waals surface area contributed by atoms with Crippen LogP contribution in [0.2, 0.25) is 5.02 Å². The van der Waals surface area contributed by atoms with Crippen LogP contribution in [-0.4, -0.2) is 40.6 Å². The summed E-state index contributed by atoms with van der Waals surface area (Å²) in [6.45, 7) is 2.26. The molecule has 3 aromatic rings. The predicted molar refractivity (Wildman–Crippen MR) is 108 cm³/mol. The Bertz CT molecular complexity index is 1030. The molecule has 28 heavy (non-hydrogen) atoms. The van der Waals surface area contributed by atoms with Crippen LogP contribution in [0.4, 0.5) is 5.95 Å². The van der Waals surface area contributed by atoms with Gasteiger partial charge in [0.25, 0.3) is 0 Å². The highest BCUT2D eigenvalue weighted by atomic mass is 35.5.